The Labute approximate surface area is 105 Å². The van der Waals surface area contributed by atoms with Crippen LogP contribution in [0.15, 0.2) is 10.5 Å². The highest BCUT2D eigenvalue weighted by Gasteiger charge is 2.25. The first-order valence-electron chi connectivity index (χ1n) is 5.15. The Morgan fingerprint density at radius 3 is 2.47 bits per heavy atom. The van der Waals surface area contributed by atoms with Crippen molar-refractivity contribution in [1.29, 1.82) is 0 Å². The highest BCUT2D eigenvalue weighted by Crippen LogP contribution is 2.30. The molecule has 0 unspecified atom stereocenters. The predicted molar refractivity (Wildman–Crippen MR) is 66.0 cm³/mol. The van der Waals surface area contributed by atoms with Crippen LogP contribution >= 0.6 is 11.3 Å². The van der Waals surface area contributed by atoms with Gasteiger partial charge >= 0.3 is 0 Å². The van der Waals surface area contributed by atoms with Crippen LogP contribution in [0, 0.1) is 0 Å². The zero-order valence-electron chi connectivity index (χ0n) is 10.0. The maximum atomic E-state index is 11.8. The van der Waals surface area contributed by atoms with Gasteiger partial charge in [-0.05, 0) is 5.41 Å². The minimum absolute atomic E-state index is 0.00470. The number of rotatable bonds is 4. The van der Waals surface area contributed by atoms with Crippen molar-refractivity contribution in [3.8, 4) is 0 Å². The van der Waals surface area contributed by atoms with Crippen molar-refractivity contribution in [3.63, 3.8) is 0 Å². The minimum atomic E-state index is -3.61. The third kappa shape index (κ3) is 3.74. The van der Waals surface area contributed by atoms with Gasteiger partial charge in [0.15, 0.2) is 0 Å². The molecule has 0 saturated heterocycles. The Morgan fingerprint density at radius 1 is 1.47 bits per heavy atom. The Hall–Kier alpha value is -0.500. The molecule has 1 rings (SSSR count). The van der Waals surface area contributed by atoms with E-state index < -0.39 is 28.3 Å². The van der Waals surface area contributed by atoms with Gasteiger partial charge in [-0.15, -0.1) is 11.3 Å². The lowest BCUT2D eigenvalue weighted by molar-refractivity contribution is 0.112. The molecule has 1 aromatic heterocycles. The summed E-state index contributed by atoms with van der Waals surface area (Å²) in [4.78, 5) is 4.75. The molecule has 0 aliphatic heterocycles. The largest absolute Gasteiger partial charge is 0.394 e. The summed E-state index contributed by atoms with van der Waals surface area (Å²) in [6, 6.07) is 0. The molecule has 5 nitrogen and oxygen atoms in total. The second-order valence-electron chi connectivity index (χ2n) is 4.86. The Morgan fingerprint density at radius 2 is 2.06 bits per heavy atom. The van der Waals surface area contributed by atoms with Gasteiger partial charge in [0.05, 0.1) is 18.5 Å². The normalized spacial score (nSPS) is 14.9. The zero-order valence-corrected chi connectivity index (χ0v) is 11.7. The van der Waals surface area contributed by atoms with E-state index in [0.29, 0.717) is 0 Å². The quantitative estimate of drug-likeness (QED) is 0.841. The van der Waals surface area contributed by atoms with Gasteiger partial charge in [-0.25, -0.2) is 13.4 Å². The second-order valence-corrected chi connectivity index (χ2v) is 8.10. The molecule has 7 heteroatoms. The monoisotopic (exact) mass is 279 g/mol. The zero-order chi connectivity index (χ0) is 13.3. The van der Waals surface area contributed by atoms with Crippen molar-refractivity contribution < 1.29 is 18.6 Å². The van der Waals surface area contributed by atoms with Crippen LogP contribution < -0.4 is 0 Å². The van der Waals surface area contributed by atoms with E-state index in [-0.39, 0.29) is 9.75 Å². The molecule has 1 heterocycles. The predicted octanol–water partition coefficient (Wildman–Crippen LogP) is 0.568. The van der Waals surface area contributed by atoms with Gasteiger partial charge in [0.1, 0.15) is 0 Å². The molecule has 0 aliphatic rings. The highest BCUT2D eigenvalue weighted by atomic mass is 32.2. The van der Waals surface area contributed by atoms with Crippen LogP contribution in [0.25, 0.3) is 0 Å². The van der Waals surface area contributed by atoms with Gasteiger partial charge in [-0.2, -0.15) is 0 Å². The maximum Gasteiger partial charge on any atom is 0.209 e. The number of aliphatic hydroxyl groups excluding tert-OH is 2. The van der Waals surface area contributed by atoms with Crippen LogP contribution in [0.2, 0.25) is 0 Å². The van der Waals surface area contributed by atoms with E-state index in [2.05, 4.69) is 4.98 Å². The number of aliphatic hydroxyl groups is 2. The van der Waals surface area contributed by atoms with Crippen LogP contribution in [-0.2, 0) is 15.3 Å². The lowest BCUT2D eigenvalue weighted by Gasteiger charge is -2.14. The van der Waals surface area contributed by atoms with Crippen molar-refractivity contribution >= 4 is 21.2 Å². The third-order valence-electron chi connectivity index (χ3n) is 2.11. The lowest BCUT2D eigenvalue weighted by Crippen LogP contribution is -2.24. The van der Waals surface area contributed by atoms with E-state index in [4.69, 9.17) is 10.2 Å². The first-order valence-corrected chi connectivity index (χ1v) is 7.61. The Bertz CT molecular complexity index is 473. The molecule has 0 amide bonds. The molecule has 0 bridgehead atoms. The molecule has 0 radical (unpaired) electrons. The van der Waals surface area contributed by atoms with Gasteiger partial charge < -0.3 is 10.2 Å². The smallest absolute Gasteiger partial charge is 0.209 e. The lowest BCUT2D eigenvalue weighted by atomic mass is 9.96. The SMILES string of the molecule is CC(C)(C)c1cnc(S(=O)(=O)C[C@H](O)CO)s1. The van der Waals surface area contributed by atoms with Crippen molar-refractivity contribution in [2.45, 2.75) is 36.6 Å². The fraction of sp³-hybridized carbons (Fsp3) is 0.700. The van der Waals surface area contributed by atoms with Gasteiger partial charge in [0.25, 0.3) is 0 Å². The molecule has 17 heavy (non-hydrogen) atoms. The van der Waals surface area contributed by atoms with Gasteiger partial charge in [0, 0.05) is 11.1 Å². The van der Waals surface area contributed by atoms with Gasteiger partial charge in [-0.3, -0.25) is 0 Å². The highest BCUT2D eigenvalue weighted by molar-refractivity contribution is 7.93. The fourth-order valence-corrected chi connectivity index (χ4v) is 3.78. The number of hydrogen-bond acceptors (Lipinski definition) is 6. The van der Waals surface area contributed by atoms with Crippen LogP contribution in [0.1, 0.15) is 25.6 Å². The summed E-state index contributed by atoms with van der Waals surface area (Å²) in [5.41, 5.74) is -0.152. The molecule has 0 saturated carbocycles. The standard InChI is InChI=1S/C10H17NO4S2/c1-10(2,3)8-4-11-9(16-8)17(14,15)6-7(13)5-12/h4,7,12-13H,5-6H2,1-3H3/t7-/m1/s1. The van der Waals surface area contributed by atoms with E-state index in [1.54, 1.807) is 6.20 Å². The molecule has 0 aliphatic carbocycles. The summed E-state index contributed by atoms with van der Waals surface area (Å²) in [6.07, 6.45) is 0.282. The van der Waals surface area contributed by atoms with Crippen LogP contribution in [0.3, 0.4) is 0 Å². The molecule has 2 N–H and O–H groups in total. The summed E-state index contributed by atoms with van der Waals surface area (Å²) in [7, 11) is -3.61. The molecule has 0 spiro atoms. The number of aromatic nitrogens is 1. The number of thiazole rings is 1. The first-order chi connectivity index (χ1) is 7.66. The summed E-state index contributed by atoms with van der Waals surface area (Å²) >= 11 is 1.11. The Kier molecular flexibility index (Phi) is 4.29. The average Bonchev–Trinajstić information content (AvgIpc) is 2.65. The molecule has 1 atom stereocenters. The van der Waals surface area contributed by atoms with Crippen molar-refractivity contribution in [2.75, 3.05) is 12.4 Å². The van der Waals surface area contributed by atoms with E-state index in [1.807, 2.05) is 20.8 Å². The van der Waals surface area contributed by atoms with E-state index in [1.165, 1.54) is 0 Å². The van der Waals surface area contributed by atoms with Crippen LogP contribution in [0.4, 0.5) is 0 Å². The molecular weight excluding hydrogens is 262 g/mol. The first kappa shape index (κ1) is 14.6. The fourth-order valence-electron chi connectivity index (χ4n) is 1.13. The van der Waals surface area contributed by atoms with Gasteiger partial charge in [0.2, 0.25) is 14.2 Å². The van der Waals surface area contributed by atoms with E-state index in [9.17, 15) is 8.42 Å². The summed E-state index contributed by atoms with van der Waals surface area (Å²) in [5.74, 6) is -0.499. The summed E-state index contributed by atoms with van der Waals surface area (Å²) in [6.45, 7) is 5.34. The molecular formula is C10H17NO4S2. The number of nitrogens with zero attached hydrogens (tertiary/aromatic N) is 1. The third-order valence-corrected chi connectivity index (χ3v) is 5.80. The molecule has 0 fully saturated rings. The number of hydrogen-bond donors (Lipinski definition) is 2. The average molecular weight is 279 g/mol. The van der Waals surface area contributed by atoms with Crippen molar-refractivity contribution in [1.82, 2.24) is 4.98 Å². The van der Waals surface area contributed by atoms with Crippen molar-refractivity contribution in [3.05, 3.63) is 11.1 Å². The summed E-state index contributed by atoms with van der Waals surface area (Å²) < 4.78 is 23.6. The van der Waals surface area contributed by atoms with E-state index >= 15 is 0 Å². The van der Waals surface area contributed by atoms with Crippen molar-refractivity contribution in [2.24, 2.45) is 0 Å². The molecule has 98 valence electrons. The summed E-state index contributed by atoms with van der Waals surface area (Å²) in [5, 5.41) is 17.8. The Balaban J connectivity index is 2.97. The maximum absolute atomic E-state index is 11.8. The van der Waals surface area contributed by atoms with Crippen LogP contribution in [-0.4, -0.2) is 42.1 Å². The van der Waals surface area contributed by atoms with Crippen LogP contribution in [0.5, 0.6) is 0 Å². The molecule has 0 aromatic carbocycles. The number of sulfone groups is 1. The molecule has 1 aromatic rings. The topological polar surface area (TPSA) is 87.5 Å². The minimum Gasteiger partial charge on any atom is -0.394 e. The van der Waals surface area contributed by atoms with E-state index in [0.717, 1.165) is 16.2 Å². The second kappa shape index (κ2) is 5.01. The van der Waals surface area contributed by atoms with Gasteiger partial charge in [-0.1, -0.05) is 20.8 Å².